The molecule has 156 valence electrons. The number of hydrogen-bond donors (Lipinski definition) is 2. The number of amides is 2. The molecule has 1 aliphatic carbocycles. The molecule has 8 nitrogen and oxygen atoms in total. The SMILES string of the molecule is CC(C)NC(=O)c1cn(C2CCC(NC(=O)C3CCOC(C)(C)C3)CC2)nn1. The molecule has 2 fully saturated rings. The molecule has 28 heavy (non-hydrogen) atoms. The Balaban J connectivity index is 1.47. The largest absolute Gasteiger partial charge is 0.376 e. The number of carbonyl (C=O) groups is 2. The fourth-order valence-electron chi connectivity index (χ4n) is 4.15. The highest BCUT2D eigenvalue weighted by Gasteiger charge is 2.34. The van der Waals surface area contributed by atoms with E-state index in [-0.39, 0.29) is 41.5 Å². The molecule has 2 N–H and O–H groups in total. The lowest BCUT2D eigenvalue weighted by atomic mass is 9.86. The first-order chi connectivity index (χ1) is 13.2. The van der Waals surface area contributed by atoms with Crippen molar-refractivity contribution in [1.29, 1.82) is 0 Å². The van der Waals surface area contributed by atoms with Gasteiger partial charge in [-0.1, -0.05) is 5.21 Å². The summed E-state index contributed by atoms with van der Waals surface area (Å²) in [5, 5.41) is 14.2. The van der Waals surface area contributed by atoms with Crippen LogP contribution in [-0.4, -0.2) is 51.1 Å². The minimum Gasteiger partial charge on any atom is -0.376 e. The summed E-state index contributed by atoms with van der Waals surface area (Å²) in [7, 11) is 0. The standard InChI is InChI=1S/C20H33N5O3/c1-13(2)21-19(27)17-12-25(24-23-17)16-7-5-15(6-8-16)22-18(26)14-9-10-28-20(3,4)11-14/h12-16H,5-11H2,1-4H3,(H,21,27)(H,22,26). The van der Waals surface area contributed by atoms with Gasteiger partial charge >= 0.3 is 0 Å². The zero-order chi connectivity index (χ0) is 20.3. The Bertz CT molecular complexity index is 692. The van der Waals surface area contributed by atoms with Gasteiger partial charge in [0.2, 0.25) is 5.91 Å². The van der Waals surface area contributed by atoms with Gasteiger partial charge in [-0.15, -0.1) is 5.10 Å². The average Bonchev–Trinajstić information content (AvgIpc) is 3.11. The third-order valence-corrected chi connectivity index (χ3v) is 5.65. The van der Waals surface area contributed by atoms with Gasteiger partial charge in [0, 0.05) is 24.6 Å². The molecule has 1 saturated heterocycles. The maximum atomic E-state index is 12.6. The predicted octanol–water partition coefficient (Wildman–Crippen LogP) is 2.22. The number of nitrogens with zero attached hydrogens (tertiary/aromatic N) is 3. The van der Waals surface area contributed by atoms with Crippen LogP contribution in [0.1, 0.15) is 82.8 Å². The second kappa shape index (κ2) is 8.59. The number of hydrogen-bond acceptors (Lipinski definition) is 5. The molecule has 3 rings (SSSR count). The van der Waals surface area contributed by atoms with Crippen molar-refractivity contribution >= 4 is 11.8 Å². The number of carbonyl (C=O) groups excluding carboxylic acids is 2. The van der Waals surface area contributed by atoms with Crippen LogP contribution in [-0.2, 0) is 9.53 Å². The maximum Gasteiger partial charge on any atom is 0.273 e. The van der Waals surface area contributed by atoms with Crippen LogP contribution in [0.15, 0.2) is 6.20 Å². The zero-order valence-corrected chi connectivity index (χ0v) is 17.4. The number of nitrogens with one attached hydrogen (secondary N) is 2. The van der Waals surface area contributed by atoms with Crippen LogP contribution in [0.25, 0.3) is 0 Å². The van der Waals surface area contributed by atoms with E-state index in [9.17, 15) is 9.59 Å². The van der Waals surface area contributed by atoms with Crippen molar-refractivity contribution in [1.82, 2.24) is 25.6 Å². The summed E-state index contributed by atoms with van der Waals surface area (Å²) in [5.41, 5.74) is 0.135. The first kappa shape index (κ1) is 20.8. The molecule has 1 aromatic rings. The second-order valence-corrected chi connectivity index (χ2v) is 9.02. The van der Waals surface area contributed by atoms with Gasteiger partial charge in [-0.3, -0.25) is 9.59 Å². The van der Waals surface area contributed by atoms with Crippen LogP contribution in [0, 0.1) is 5.92 Å². The lowest BCUT2D eigenvalue weighted by molar-refractivity contribution is -0.136. The Kier molecular flexibility index (Phi) is 6.37. The van der Waals surface area contributed by atoms with Gasteiger partial charge in [0.15, 0.2) is 5.69 Å². The first-order valence-electron chi connectivity index (χ1n) is 10.4. The minimum absolute atomic E-state index is 0.0406. The smallest absolute Gasteiger partial charge is 0.273 e. The number of rotatable bonds is 5. The Morgan fingerprint density at radius 1 is 1.21 bits per heavy atom. The van der Waals surface area contributed by atoms with Gasteiger partial charge in [-0.25, -0.2) is 4.68 Å². The average molecular weight is 392 g/mol. The van der Waals surface area contributed by atoms with E-state index in [1.807, 2.05) is 27.7 Å². The van der Waals surface area contributed by atoms with Gasteiger partial charge in [0.1, 0.15) is 0 Å². The fraction of sp³-hybridized carbons (Fsp3) is 0.800. The van der Waals surface area contributed by atoms with Crippen molar-refractivity contribution in [2.24, 2.45) is 5.92 Å². The highest BCUT2D eigenvalue weighted by atomic mass is 16.5. The van der Waals surface area contributed by atoms with Crippen molar-refractivity contribution in [3.63, 3.8) is 0 Å². The van der Waals surface area contributed by atoms with E-state index < -0.39 is 0 Å². The molecule has 0 aromatic carbocycles. The third kappa shape index (κ3) is 5.31. The molecular formula is C20H33N5O3. The molecule has 1 aromatic heterocycles. The van der Waals surface area contributed by atoms with Crippen molar-refractivity contribution < 1.29 is 14.3 Å². The monoisotopic (exact) mass is 391 g/mol. The molecule has 1 unspecified atom stereocenters. The third-order valence-electron chi connectivity index (χ3n) is 5.65. The molecular weight excluding hydrogens is 358 g/mol. The first-order valence-corrected chi connectivity index (χ1v) is 10.4. The van der Waals surface area contributed by atoms with Crippen molar-refractivity contribution in [2.45, 2.75) is 89.9 Å². The lowest BCUT2D eigenvalue weighted by Gasteiger charge is -2.36. The highest BCUT2D eigenvalue weighted by molar-refractivity contribution is 5.92. The summed E-state index contributed by atoms with van der Waals surface area (Å²) in [6.07, 6.45) is 6.95. The Labute approximate surface area is 166 Å². The summed E-state index contributed by atoms with van der Waals surface area (Å²) in [6.45, 7) is 8.58. The van der Waals surface area contributed by atoms with E-state index in [0.29, 0.717) is 12.3 Å². The number of aromatic nitrogens is 3. The molecule has 2 heterocycles. The Hall–Kier alpha value is -1.96. The summed E-state index contributed by atoms with van der Waals surface area (Å²) >= 11 is 0. The van der Waals surface area contributed by atoms with E-state index in [0.717, 1.165) is 38.5 Å². The maximum absolute atomic E-state index is 12.6. The predicted molar refractivity (Wildman–Crippen MR) is 105 cm³/mol. The van der Waals surface area contributed by atoms with E-state index in [1.54, 1.807) is 10.9 Å². The van der Waals surface area contributed by atoms with Crippen LogP contribution >= 0.6 is 0 Å². The molecule has 1 atom stereocenters. The fourth-order valence-corrected chi connectivity index (χ4v) is 4.15. The van der Waals surface area contributed by atoms with Crippen molar-refractivity contribution in [3.05, 3.63) is 11.9 Å². The molecule has 1 saturated carbocycles. The molecule has 1 aliphatic heterocycles. The Morgan fingerprint density at radius 3 is 2.57 bits per heavy atom. The van der Waals surface area contributed by atoms with Crippen molar-refractivity contribution in [3.8, 4) is 0 Å². The topological polar surface area (TPSA) is 98.1 Å². The zero-order valence-electron chi connectivity index (χ0n) is 17.4. The molecule has 8 heteroatoms. The van der Waals surface area contributed by atoms with Gasteiger partial charge < -0.3 is 15.4 Å². The highest BCUT2D eigenvalue weighted by Crippen LogP contribution is 2.31. The lowest BCUT2D eigenvalue weighted by Crippen LogP contribution is -2.45. The number of ether oxygens (including phenoxy) is 1. The quantitative estimate of drug-likeness (QED) is 0.802. The summed E-state index contributed by atoms with van der Waals surface area (Å²) in [6, 6.07) is 0.503. The van der Waals surface area contributed by atoms with Gasteiger partial charge in [0.25, 0.3) is 5.91 Å². The van der Waals surface area contributed by atoms with Gasteiger partial charge in [0.05, 0.1) is 17.8 Å². The van der Waals surface area contributed by atoms with Gasteiger partial charge in [-0.05, 0) is 66.2 Å². The van der Waals surface area contributed by atoms with Crippen LogP contribution < -0.4 is 10.6 Å². The van der Waals surface area contributed by atoms with Crippen LogP contribution in [0.3, 0.4) is 0 Å². The van der Waals surface area contributed by atoms with Crippen LogP contribution in [0.2, 0.25) is 0 Å². The van der Waals surface area contributed by atoms with E-state index >= 15 is 0 Å². The molecule has 0 radical (unpaired) electrons. The summed E-state index contributed by atoms with van der Waals surface area (Å²) in [5.74, 6) is 0.00799. The Morgan fingerprint density at radius 2 is 1.93 bits per heavy atom. The molecule has 0 spiro atoms. The normalized spacial score (nSPS) is 27.4. The minimum atomic E-state index is -0.218. The van der Waals surface area contributed by atoms with Crippen LogP contribution in [0.5, 0.6) is 0 Å². The van der Waals surface area contributed by atoms with Crippen LogP contribution in [0.4, 0.5) is 0 Å². The summed E-state index contributed by atoms with van der Waals surface area (Å²) in [4.78, 5) is 24.7. The summed E-state index contributed by atoms with van der Waals surface area (Å²) < 4.78 is 7.51. The molecule has 0 bridgehead atoms. The van der Waals surface area contributed by atoms with E-state index in [4.69, 9.17) is 4.74 Å². The van der Waals surface area contributed by atoms with Crippen molar-refractivity contribution in [2.75, 3.05) is 6.61 Å². The second-order valence-electron chi connectivity index (χ2n) is 9.02. The van der Waals surface area contributed by atoms with E-state index in [2.05, 4.69) is 20.9 Å². The van der Waals surface area contributed by atoms with E-state index in [1.165, 1.54) is 0 Å². The molecule has 2 amide bonds. The molecule has 2 aliphatic rings. The van der Waals surface area contributed by atoms with Gasteiger partial charge in [-0.2, -0.15) is 0 Å².